The highest BCUT2D eigenvalue weighted by Crippen LogP contribution is 2.20. The van der Waals surface area contributed by atoms with Gasteiger partial charge in [0.2, 0.25) is 0 Å². The molecule has 0 aliphatic carbocycles. The summed E-state index contributed by atoms with van der Waals surface area (Å²) in [7, 11) is -1.74. The van der Waals surface area contributed by atoms with Crippen molar-refractivity contribution in [2.24, 2.45) is 0 Å². The van der Waals surface area contributed by atoms with Gasteiger partial charge in [0.05, 0.1) is 41.1 Å². The van der Waals surface area contributed by atoms with E-state index in [1.165, 1.54) is 19.5 Å². The summed E-state index contributed by atoms with van der Waals surface area (Å²) in [6, 6.07) is 7.91. The minimum Gasteiger partial charge on any atom is -0.465 e. The van der Waals surface area contributed by atoms with Crippen molar-refractivity contribution in [3.05, 3.63) is 53.9 Å². The molecule has 1 unspecified atom stereocenters. The van der Waals surface area contributed by atoms with Crippen LogP contribution in [-0.4, -0.2) is 49.9 Å². The van der Waals surface area contributed by atoms with Crippen molar-refractivity contribution in [2.45, 2.75) is 12.5 Å². The molecule has 8 nitrogen and oxygen atoms in total. The van der Waals surface area contributed by atoms with Gasteiger partial charge in [-0.1, -0.05) is 12.1 Å². The number of para-hydroxylation sites is 1. The molecule has 1 fully saturated rings. The fraction of sp³-hybridized carbons (Fsp3) is 0.278. The predicted octanol–water partition coefficient (Wildman–Crippen LogP) is 1.72. The number of ether oxygens (including phenoxy) is 1. The molecule has 0 bridgehead atoms. The lowest BCUT2D eigenvalue weighted by atomic mass is 10.1. The van der Waals surface area contributed by atoms with E-state index in [4.69, 9.17) is 4.74 Å². The first-order valence-electron chi connectivity index (χ1n) is 8.28. The molecule has 2 heterocycles. The minimum atomic E-state index is -3.00. The van der Waals surface area contributed by atoms with Crippen molar-refractivity contribution in [1.82, 2.24) is 4.98 Å². The van der Waals surface area contributed by atoms with E-state index in [1.807, 2.05) is 0 Å². The molecule has 9 heteroatoms. The minimum absolute atomic E-state index is 0.0654. The van der Waals surface area contributed by atoms with E-state index in [-0.39, 0.29) is 28.7 Å². The first kappa shape index (κ1) is 18.8. The van der Waals surface area contributed by atoms with Gasteiger partial charge in [0.1, 0.15) is 0 Å². The smallest absolute Gasteiger partial charge is 0.339 e. The second-order valence-corrected chi connectivity index (χ2v) is 8.43. The highest BCUT2D eigenvalue weighted by atomic mass is 32.2. The Bertz CT molecular complexity index is 974. The summed E-state index contributed by atoms with van der Waals surface area (Å²) in [5, 5.41) is 5.77. The summed E-state index contributed by atoms with van der Waals surface area (Å²) < 4.78 is 27.8. The highest BCUT2D eigenvalue weighted by Gasteiger charge is 2.27. The summed E-state index contributed by atoms with van der Waals surface area (Å²) in [5.41, 5.74) is 1.41. The number of aromatic nitrogens is 1. The quantitative estimate of drug-likeness (QED) is 0.748. The Balaban J connectivity index is 1.74. The molecule has 2 aromatic rings. The van der Waals surface area contributed by atoms with Crippen LogP contribution in [0.1, 0.15) is 27.1 Å². The molecule has 0 spiro atoms. The number of esters is 1. The van der Waals surface area contributed by atoms with E-state index >= 15 is 0 Å². The Kier molecular flexibility index (Phi) is 5.41. The number of carbonyl (C=O) groups is 2. The molecule has 1 saturated heterocycles. The van der Waals surface area contributed by atoms with E-state index in [2.05, 4.69) is 15.6 Å². The molecule has 1 aromatic carbocycles. The van der Waals surface area contributed by atoms with Gasteiger partial charge in [-0.2, -0.15) is 0 Å². The fourth-order valence-corrected chi connectivity index (χ4v) is 4.54. The molecule has 0 saturated carbocycles. The average Bonchev–Trinajstić information content (AvgIpc) is 3.00. The first-order valence-corrected chi connectivity index (χ1v) is 10.1. The molecule has 2 N–H and O–H groups in total. The molecule has 27 heavy (non-hydrogen) atoms. The number of sulfone groups is 1. The number of amides is 1. The molecule has 3 rings (SSSR count). The van der Waals surface area contributed by atoms with Crippen LogP contribution in [0.2, 0.25) is 0 Å². The summed E-state index contributed by atoms with van der Waals surface area (Å²) in [5.74, 6) is -0.776. The molecule has 1 aliphatic heterocycles. The van der Waals surface area contributed by atoms with Crippen LogP contribution in [0.4, 0.5) is 11.4 Å². The van der Waals surface area contributed by atoms with Crippen LogP contribution in [0.5, 0.6) is 0 Å². The van der Waals surface area contributed by atoms with Gasteiger partial charge < -0.3 is 15.4 Å². The lowest BCUT2D eigenvalue weighted by molar-refractivity contribution is 0.0602. The van der Waals surface area contributed by atoms with E-state index < -0.39 is 21.7 Å². The van der Waals surface area contributed by atoms with Crippen molar-refractivity contribution in [2.75, 3.05) is 29.2 Å². The topological polar surface area (TPSA) is 114 Å². The molecule has 1 aliphatic rings. The van der Waals surface area contributed by atoms with Crippen molar-refractivity contribution in [3.63, 3.8) is 0 Å². The maximum atomic E-state index is 12.5. The summed E-state index contributed by atoms with van der Waals surface area (Å²) in [6.45, 7) is 0. The zero-order valence-corrected chi connectivity index (χ0v) is 15.5. The maximum absolute atomic E-state index is 12.5. The number of hydrogen-bond acceptors (Lipinski definition) is 7. The number of methoxy groups -OCH3 is 1. The third kappa shape index (κ3) is 4.62. The van der Waals surface area contributed by atoms with Crippen LogP contribution in [0, 0.1) is 0 Å². The van der Waals surface area contributed by atoms with Crippen molar-refractivity contribution in [3.8, 4) is 0 Å². The third-order valence-corrected chi connectivity index (χ3v) is 5.95. The summed E-state index contributed by atoms with van der Waals surface area (Å²) in [6.07, 6.45) is 3.45. The van der Waals surface area contributed by atoms with Gasteiger partial charge in [-0.05, 0) is 24.6 Å². The number of benzene rings is 1. The first-order chi connectivity index (χ1) is 12.9. The van der Waals surface area contributed by atoms with Crippen LogP contribution in [0.3, 0.4) is 0 Å². The summed E-state index contributed by atoms with van der Waals surface area (Å²) in [4.78, 5) is 28.4. The monoisotopic (exact) mass is 389 g/mol. The third-order valence-electron chi connectivity index (χ3n) is 4.18. The Hall–Kier alpha value is -2.94. The molecule has 1 aromatic heterocycles. The number of nitrogens with zero attached hydrogens (tertiary/aromatic N) is 1. The fourth-order valence-electron chi connectivity index (χ4n) is 2.86. The maximum Gasteiger partial charge on any atom is 0.339 e. The number of carbonyl (C=O) groups excluding carboxylic acids is 2. The second kappa shape index (κ2) is 7.75. The number of nitrogens with one attached hydrogen (secondary N) is 2. The Morgan fingerprint density at radius 3 is 2.70 bits per heavy atom. The van der Waals surface area contributed by atoms with Crippen LogP contribution in [-0.2, 0) is 14.6 Å². The standard InChI is InChI=1S/C18H19N3O5S/c1-26-18(23)15-4-2-3-5-16(15)21-17(22)12-8-14(10-19-9-12)20-13-6-7-27(24,25)11-13/h2-5,8-10,13,20H,6-7,11H2,1H3,(H,21,22). The molecule has 1 atom stereocenters. The SMILES string of the molecule is COC(=O)c1ccccc1NC(=O)c1cncc(NC2CCS(=O)(=O)C2)c1. The Morgan fingerprint density at radius 1 is 1.22 bits per heavy atom. The average molecular weight is 389 g/mol. The lowest BCUT2D eigenvalue weighted by Crippen LogP contribution is -2.21. The highest BCUT2D eigenvalue weighted by molar-refractivity contribution is 7.91. The van der Waals surface area contributed by atoms with Crippen LogP contribution in [0.25, 0.3) is 0 Å². The van der Waals surface area contributed by atoms with Gasteiger partial charge in [-0.15, -0.1) is 0 Å². The molecular formula is C18H19N3O5S. The van der Waals surface area contributed by atoms with Crippen LogP contribution >= 0.6 is 0 Å². The van der Waals surface area contributed by atoms with Gasteiger partial charge in [0.25, 0.3) is 5.91 Å². The largest absolute Gasteiger partial charge is 0.465 e. The van der Waals surface area contributed by atoms with Crippen molar-refractivity contribution in [1.29, 1.82) is 0 Å². The Labute approximate surface area is 156 Å². The van der Waals surface area contributed by atoms with Crippen LogP contribution in [0.15, 0.2) is 42.7 Å². The van der Waals surface area contributed by atoms with E-state index in [0.717, 1.165) is 0 Å². The molecule has 1 amide bonds. The van der Waals surface area contributed by atoms with E-state index in [0.29, 0.717) is 17.8 Å². The van der Waals surface area contributed by atoms with Crippen molar-refractivity contribution < 1.29 is 22.7 Å². The predicted molar refractivity (Wildman–Crippen MR) is 101 cm³/mol. The zero-order valence-electron chi connectivity index (χ0n) is 14.6. The van der Waals surface area contributed by atoms with Gasteiger partial charge in [-0.25, -0.2) is 13.2 Å². The van der Waals surface area contributed by atoms with Crippen LogP contribution < -0.4 is 10.6 Å². The molecule has 142 valence electrons. The van der Waals surface area contributed by atoms with Gasteiger partial charge >= 0.3 is 5.97 Å². The van der Waals surface area contributed by atoms with E-state index in [1.54, 1.807) is 30.3 Å². The van der Waals surface area contributed by atoms with E-state index in [9.17, 15) is 18.0 Å². The Morgan fingerprint density at radius 2 is 2.00 bits per heavy atom. The van der Waals surface area contributed by atoms with Crippen molar-refractivity contribution >= 4 is 33.1 Å². The molecular weight excluding hydrogens is 370 g/mol. The van der Waals surface area contributed by atoms with Gasteiger partial charge in [0.15, 0.2) is 9.84 Å². The lowest BCUT2D eigenvalue weighted by Gasteiger charge is -2.13. The number of pyridine rings is 1. The number of hydrogen-bond donors (Lipinski definition) is 2. The molecule has 0 radical (unpaired) electrons. The second-order valence-electron chi connectivity index (χ2n) is 6.20. The van der Waals surface area contributed by atoms with Gasteiger partial charge in [0, 0.05) is 18.4 Å². The number of anilines is 2. The van der Waals surface area contributed by atoms with Gasteiger partial charge in [-0.3, -0.25) is 9.78 Å². The summed E-state index contributed by atoms with van der Waals surface area (Å²) >= 11 is 0. The normalized spacial score (nSPS) is 17.9. The number of rotatable bonds is 5. The zero-order chi connectivity index (χ0) is 19.4.